The first-order valence-corrected chi connectivity index (χ1v) is 8.39. The van der Waals surface area contributed by atoms with Gasteiger partial charge >= 0.3 is 0 Å². The van der Waals surface area contributed by atoms with Gasteiger partial charge in [-0.15, -0.1) is 0 Å². The molecule has 1 aliphatic rings. The second-order valence-corrected chi connectivity index (χ2v) is 7.44. The van der Waals surface area contributed by atoms with Gasteiger partial charge in [0, 0.05) is 10.2 Å². The Hall–Kier alpha value is -1.28. The molecule has 0 aromatic heterocycles. The molecule has 1 atom stereocenters. The van der Waals surface area contributed by atoms with Crippen molar-refractivity contribution in [3.63, 3.8) is 0 Å². The molecule has 110 valence electrons. The lowest BCUT2D eigenvalue weighted by Crippen LogP contribution is -2.29. The standard InChI is InChI=1S/C19H22BrN/c1-13-7-6-10-17(18(13)20)21-16-11-12-19(2,3)15-9-5-4-8-14(15)16/h4-10,16,21H,11-12H2,1-3H3. The van der Waals surface area contributed by atoms with Gasteiger partial charge in [0.1, 0.15) is 0 Å². The SMILES string of the molecule is Cc1cccc(NC2CCC(C)(C)c3ccccc32)c1Br. The fourth-order valence-corrected chi connectivity index (χ4v) is 3.69. The van der Waals surface area contributed by atoms with Crippen LogP contribution in [-0.4, -0.2) is 0 Å². The minimum Gasteiger partial charge on any atom is -0.377 e. The molecule has 2 aromatic carbocycles. The van der Waals surface area contributed by atoms with E-state index < -0.39 is 0 Å². The molecule has 0 bridgehead atoms. The highest BCUT2D eigenvalue weighted by atomic mass is 79.9. The predicted molar refractivity (Wildman–Crippen MR) is 93.9 cm³/mol. The summed E-state index contributed by atoms with van der Waals surface area (Å²) in [5, 5.41) is 3.74. The Morgan fingerprint density at radius 3 is 2.67 bits per heavy atom. The van der Waals surface area contributed by atoms with Crippen molar-refractivity contribution >= 4 is 21.6 Å². The van der Waals surface area contributed by atoms with Crippen LogP contribution < -0.4 is 5.32 Å². The lowest BCUT2D eigenvalue weighted by atomic mass is 9.71. The number of aryl methyl sites for hydroxylation is 1. The van der Waals surface area contributed by atoms with Gasteiger partial charge in [-0.3, -0.25) is 0 Å². The molecule has 0 amide bonds. The molecule has 0 saturated heterocycles. The first kappa shape index (κ1) is 14.6. The third kappa shape index (κ3) is 2.74. The molecule has 2 heteroatoms. The quantitative estimate of drug-likeness (QED) is 0.706. The fourth-order valence-electron chi connectivity index (χ4n) is 3.31. The van der Waals surface area contributed by atoms with Crippen LogP contribution in [0.4, 0.5) is 5.69 Å². The van der Waals surface area contributed by atoms with E-state index in [2.05, 4.69) is 84.5 Å². The maximum Gasteiger partial charge on any atom is 0.0517 e. The Labute approximate surface area is 135 Å². The van der Waals surface area contributed by atoms with E-state index in [-0.39, 0.29) is 5.41 Å². The van der Waals surface area contributed by atoms with E-state index in [0.29, 0.717) is 6.04 Å². The number of anilines is 1. The largest absolute Gasteiger partial charge is 0.377 e. The Morgan fingerprint density at radius 2 is 1.86 bits per heavy atom. The molecule has 0 saturated carbocycles. The lowest BCUT2D eigenvalue weighted by Gasteiger charge is -2.38. The smallest absolute Gasteiger partial charge is 0.0517 e. The van der Waals surface area contributed by atoms with Crippen molar-refractivity contribution in [1.82, 2.24) is 0 Å². The normalized spacial score (nSPS) is 19.9. The number of hydrogen-bond donors (Lipinski definition) is 1. The molecule has 1 unspecified atom stereocenters. The van der Waals surface area contributed by atoms with Crippen molar-refractivity contribution in [2.75, 3.05) is 5.32 Å². The first-order chi connectivity index (χ1) is 9.99. The van der Waals surface area contributed by atoms with Crippen LogP contribution in [0.1, 0.15) is 49.4 Å². The molecule has 1 nitrogen and oxygen atoms in total. The summed E-state index contributed by atoms with van der Waals surface area (Å²) in [6.07, 6.45) is 2.38. The summed E-state index contributed by atoms with van der Waals surface area (Å²) in [5.41, 5.74) is 5.66. The number of hydrogen-bond acceptors (Lipinski definition) is 1. The summed E-state index contributed by atoms with van der Waals surface area (Å²) in [5.74, 6) is 0. The van der Waals surface area contributed by atoms with Crippen molar-refractivity contribution in [1.29, 1.82) is 0 Å². The van der Waals surface area contributed by atoms with Crippen molar-refractivity contribution in [3.05, 3.63) is 63.6 Å². The summed E-state index contributed by atoms with van der Waals surface area (Å²) in [6.45, 7) is 6.84. The molecular formula is C19H22BrN. The highest BCUT2D eigenvalue weighted by Crippen LogP contribution is 2.43. The Kier molecular flexibility index (Phi) is 3.83. The highest BCUT2D eigenvalue weighted by Gasteiger charge is 2.32. The van der Waals surface area contributed by atoms with E-state index in [1.807, 2.05) is 0 Å². The Morgan fingerprint density at radius 1 is 1.10 bits per heavy atom. The highest BCUT2D eigenvalue weighted by molar-refractivity contribution is 9.10. The van der Waals surface area contributed by atoms with Crippen LogP contribution in [0.5, 0.6) is 0 Å². The first-order valence-electron chi connectivity index (χ1n) is 7.60. The van der Waals surface area contributed by atoms with Crippen molar-refractivity contribution < 1.29 is 0 Å². The second kappa shape index (κ2) is 5.49. The predicted octanol–water partition coefficient (Wildman–Crippen LogP) is 5.98. The van der Waals surface area contributed by atoms with E-state index in [4.69, 9.17) is 0 Å². The van der Waals surface area contributed by atoms with Crippen LogP contribution in [0.3, 0.4) is 0 Å². The number of nitrogens with one attached hydrogen (secondary N) is 1. The molecule has 0 radical (unpaired) electrons. The summed E-state index contributed by atoms with van der Waals surface area (Å²) in [6, 6.07) is 15.7. The van der Waals surface area contributed by atoms with Crippen LogP contribution in [0, 0.1) is 6.92 Å². The Balaban J connectivity index is 1.96. The van der Waals surface area contributed by atoms with E-state index in [1.165, 1.54) is 39.7 Å². The molecule has 0 spiro atoms. The lowest BCUT2D eigenvalue weighted by molar-refractivity contribution is 0.406. The van der Waals surface area contributed by atoms with Gasteiger partial charge < -0.3 is 5.32 Å². The van der Waals surface area contributed by atoms with E-state index in [9.17, 15) is 0 Å². The van der Waals surface area contributed by atoms with Gasteiger partial charge in [-0.2, -0.15) is 0 Å². The van der Waals surface area contributed by atoms with Crippen molar-refractivity contribution in [2.24, 2.45) is 0 Å². The van der Waals surface area contributed by atoms with Gasteiger partial charge in [-0.25, -0.2) is 0 Å². The molecule has 2 aromatic rings. The zero-order valence-corrected chi connectivity index (χ0v) is 14.5. The second-order valence-electron chi connectivity index (χ2n) is 6.64. The maximum atomic E-state index is 3.74. The summed E-state index contributed by atoms with van der Waals surface area (Å²) < 4.78 is 1.17. The van der Waals surface area contributed by atoms with Crippen molar-refractivity contribution in [2.45, 2.75) is 45.1 Å². The molecule has 3 rings (SSSR count). The van der Waals surface area contributed by atoms with Crippen LogP contribution in [0.2, 0.25) is 0 Å². The van der Waals surface area contributed by atoms with E-state index in [0.717, 1.165) is 0 Å². The zero-order chi connectivity index (χ0) is 15.0. The number of benzene rings is 2. The molecule has 21 heavy (non-hydrogen) atoms. The molecule has 0 aliphatic heterocycles. The van der Waals surface area contributed by atoms with Gasteiger partial charge in [0.15, 0.2) is 0 Å². The molecule has 0 fully saturated rings. The van der Waals surface area contributed by atoms with Gasteiger partial charge in [0.25, 0.3) is 0 Å². The third-order valence-electron chi connectivity index (χ3n) is 4.64. The number of fused-ring (bicyclic) bond motifs is 1. The molecule has 0 heterocycles. The molecule has 1 aliphatic carbocycles. The van der Waals surface area contributed by atoms with E-state index >= 15 is 0 Å². The number of halogens is 1. The van der Waals surface area contributed by atoms with Gasteiger partial charge in [0.05, 0.1) is 6.04 Å². The summed E-state index contributed by atoms with van der Waals surface area (Å²) in [7, 11) is 0. The van der Waals surface area contributed by atoms with Crippen LogP contribution in [0.25, 0.3) is 0 Å². The summed E-state index contributed by atoms with van der Waals surface area (Å²) in [4.78, 5) is 0. The minimum absolute atomic E-state index is 0.276. The van der Waals surface area contributed by atoms with Crippen LogP contribution >= 0.6 is 15.9 Å². The minimum atomic E-state index is 0.276. The van der Waals surface area contributed by atoms with Crippen LogP contribution in [0.15, 0.2) is 46.9 Å². The summed E-state index contributed by atoms with van der Waals surface area (Å²) >= 11 is 3.71. The monoisotopic (exact) mass is 343 g/mol. The third-order valence-corrected chi connectivity index (χ3v) is 5.70. The molecular weight excluding hydrogens is 322 g/mol. The zero-order valence-electron chi connectivity index (χ0n) is 12.9. The maximum absolute atomic E-state index is 3.74. The average Bonchev–Trinajstić information content (AvgIpc) is 2.47. The van der Waals surface area contributed by atoms with Crippen LogP contribution in [-0.2, 0) is 5.41 Å². The van der Waals surface area contributed by atoms with E-state index in [1.54, 1.807) is 0 Å². The van der Waals surface area contributed by atoms with Gasteiger partial charge in [-0.1, -0.05) is 50.2 Å². The number of rotatable bonds is 2. The molecule has 1 N–H and O–H groups in total. The fraction of sp³-hybridized carbons (Fsp3) is 0.368. The average molecular weight is 344 g/mol. The van der Waals surface area contributed by atoms with Gasteiger partial charge in [0.2, 0.25) is 0 Å². The van der Waals surface area contributed by atoms with Crippen molar-refractivity contribution in [3.8, 4) is 0 Å². The van der Waals surface area contributed by atoms with Gasteiger partial charge in [-0.05, 0) is 63.9 Å². The Bertz CT molecular complexity index is 660. The topological polar surface area (TPSA) is 12.0 Å².